The van der Waals surface area contributed by atoms with Crippen LogP contribution in [0.3, 0.4) is 0 Å². The van der Waals surface area contributed by atoms with E-state index in [1.807, 2.05) is 6.07 Å². The highest BCUT2D eigenvalue weighted by molar-refractivity contribution is 9.10. The number of halogens is 1. The zero-order valence-electron chi connectivity index (χ0n) is 11.2. The van der Waals surface area contributed by atoms with E-state index >= 15 is 0 Å². The van der Waals surface area contributed by atoms with Crippen LogP contribution in [0, 0.1) is 0 Å². The van der Waals surface area contributed by atoms with Gasteiger partial charge in [0, 0.05) is 18.5 Å². The summed E-state index contributed by atoms with van der Waals surface area (Å²) in [5.41, 5.74) is 1.37. The van der Waals surface area contributed by atoms with Crippen molar-refractivity contribution in [1.82, 2.24) is 9.97 Å². The highest BCUT2D eigenvalue weighted by Crippen LogP contribution is 2.16. The van der Waals surface area contributed by atoms with Gasteiger partial charge in [-0.3, -0.25) is 0 Å². The summed E-state index contributed by atoms with van der Waals surface area (Å²) in [5, 5.41) is 7.75. The number of hydrogen-bond acceptors (Lipinski definition) is 4. The molecule has 2 heterocycles. The third-order valence-corrected chi connectivity index (χ3v) is 3.87. The van der Waals surface area contributed by atoms with Crippen LogP contribution in [0.4, 0.5) is 5.82 Å². The van der Waals surface area contributed by atoms with Crippen molar-refractivity contribution >= 4 is 33.1 Å². The van der Waals surface area contributed by atoms with Gasteiger partial charge in [0.15, 0.2) is 0 Å². The Morgan fingerprint density at radius 2 is 2.26 bits per heavy atom. The molecule has 1 N–H and O–H groups in total. The van der Waals surface area contributed by atoms with Gasteiger partial charge in [0.05, 0.1) is 0 Å². The largest absolute Gasteiger partial charge is 0.367 e. The Morgan fingerprint density at radius 3 is 2.95 bits per heavy atom. The van der Waals surface area contributed by atoms with Gasteiger partial charge in [-0.25, -0.2) is 9.97 Å². The summed E-state index contributed by atoms with van der Waals surface area (Å²) in [6.07, 6.45) is 2.97. The van der Waals surface area contributed by atoms with Crippen molar-refractivity contribution in [3.05, 3.63) is 38.9 Å². The minimum absolute atomic E-state index is 0.353. The Labute approximate surface area is 126 Å². The number of aryl methyl sites for hydroxylation is 1. The molecule has 0 radical (unpaired) electrons. The van der Waals surface area contributed by atoms with Crippen molar-refractivity contribution in [2.24, 2.45) is 0 Å². The average Bonchev–Trinajstić information content (AvgIpc) is 2.81. The number of nitrogens with zero attached hydrogens (tertiary/aromatic N) is 2. The van der Waals surface area contributed by atoms with Gasteiger partial charge in [-0.05, 0) is 58.1 Å². The predicted octanol–water partition coefficient (Wildman–Crippen LogP) is 4.30. The SMILES string of the molecule is CCCc1nc(Br)cc(NC(C)Cc2ccsc2)n1. The molecule has 0 aliphatic carbocycles. The molecular formula is C14H18BrN3S. The Hall–Kier alpha value is -0.940. The first kappa shape index (κ1) is 14.5. The van der Waals surface area contributed by atoms with Crippen molar-refractivity contribution in [3.63, 3.8) is 0 Å². The fourth-order valence-corrected chi connectivity index (χ4v) is 3.04. The molecule has 3 nitrogen and oxygen atoms in total. The van der Waals surface area contributed by atoms with Crippen molar-refractivity contribution < 1.29 is 0 Å². The molecule has 0 bridgehead atoms. The van der Waals surface area contributed by atoms with Gasteiger partial charge < -0.3 is 5.32 Å². The standard InChI is InChI=1S/C14H18BrN3S/c1-3-4-13-17-12(15)8-14(18-13)16-10(2)7-11-5-6-19-9-11/h5-6,8-10H,3-4,7H2,1-2H3,(H,16,17,18). The monoisotopic (exact) mass is 339 g/mol. The second kappa shape index (κ2) is 7.01. The van der Waals surface area contributed by atoms with Crippen LogP contribution in [-0.2, 0) is 12.8 Å². The van der Waals surface area contributed by atoms with E-state index in [4.69, 9.17) is 0 Å². The summed E-state index contributed by atoms with van der Waals surface area (Å²) in [7, 11) is 0. The molecule has 0 aliphatic rings. The van der Waals surface area contributed by atoms with Gasteiger partial charge in [0.1, 0.15) is 16.2 Å². The third-order valence-electron chi connectivity index (χ3n) is 2.73. The fraction of sp³-hybridized carbons (Fsp3) is 0.429. The molecular weight excluding hydrogens is 322 g/mol. The predicted molar refractivity (Wildman–Crippen MR) is 84.8 cm³/mol. The van der Waals surface area contributed by atoms with E-state index in [0.29, 0.717) is 6.04 Å². The molecule has 5 heteroatoms. The van der Waals surface area contributed by atoms with Gasteiger partial charge in [0.25, 0.3) is 0 Å². The van der Waals surface area contributed by atoms with E-state index in [1.54, 1.807) is 11.3 Å². The Kier molecular flexibility index (Phi) is 5.34. The van der Waals surface area contributed by atoms with E-state index in [-0.39, 0.29) is 0 Å². The van der Waals surface area contributed by atoms with Crippen LogP contribution >= 0.6 is 27.3 Å². The van der Waals surface area contributed by atoms with E-state index < -0.39 is 0 Å². The van der Waals surface area contributed by atoms with Crippen molar-refractivity contribution in [2.45, 2.75) is 39.2 Å². The average molecular weight is 340 g/mol. The second-order valence-corrected chi connectivity index (χ2v) is 6.22. The number of anilines is 1. The zero-order valence-corrected chi connectivity index (χ0v) is 13.6. The van der Waals surface area contributed by atoms with Gasteiger partial charge in [0.2, 0.25) is 0 Å². The summed E-state index contributed by atoms with van der Waals surface area (Å²) < 4.78 is 0.844. The molecule has 1 atom stereocenters. The lowest BCUT2D eigenvalue weighted by molar-refractivity contribution is 0.774. The molecule has 0 saturated carbocycles. The molecule has 0 spiro atoms. The Morgan fingerprint density at radius 1 is 1.42 bits per heavy atom. The van der Waals surface area contributed by atoms with Gasteiger partial charge in [-0.15, -0.1) is 0 Å². The van der Waals surface area contributed by atoms with Crippen LogP contribution in [0.5, 0.6) is 0 Å². The van der Waals surface area contributed by atoms with Gasteiger partial charge in [-0.1, -0.05) is 6.92 Å². The number of nitrogens with one attached hydrogen (secondary N) is 1. The van der Waals surface area contributed by atoms with Gasteiger partial charge >= 0.3 is 0 Å². The summed E-state index contributed by atoms with van der Waals surface area (Å²) >= 11 is 5.18. The fourth-order valence-electron chi connectivity index (χ4n) is 1.94. The minimum atomic E-state index is 0.353. The van der Waals surface area contributed by atoms with Crippen molar-refractivity contribution in [1.29, 1.82) is 0 Å². The summed E-state index contributed by atoms with van der Waals surface area (Å²) in [4.78, 5) is 8.92. The maximum atomic E-state index is 4.54. The van der Waals surface area contributed by atoms with E-state index in [2.05, 4.69) is 61.9 Å². The van der Waals surface area contributed by atoms with Crippen LogP contribution in [-0.4, -0.2) is 16.0 Å². The topological polar surface area (TPSA) is 37.8 Å². The van der Waals surface area contributed by atoms with E-state index in [1.165, 1.54) is 5.56 Å². The molecule has 0 amide bonds. The molecule has 2 aromatic rings. The van der Waals surface area contributed by atoms with Crippen LogP contribution in [0.15, 0.2) is 27.5 Å². The van der Waals surface area contributed by atoms with Crippen LogP contribution in [0.1, 0.15) is 31.7 Å². The van der Waals surface area contributed by atoms with Crippen LogP contribution in [0.25, 0.3) is 0 Å². The zero-order chi connectivity index (χ0) is 13.7. The number of hydrogen-bond donors (Lipinski definition) is 1. The lowest BCUT2D eigenvalue weighted by atomic mass is 10.1. The Bertz CT molecular complexity index is 513. The molecule has 102 valence electrons. The maximum Gasteiger partial charge on any atom is 0.132 e. The first-order valence-corrected chi connectivity index (χ1v) is 8.22. The highest BCUT2D eigenvalue weighted by Gasteiger charge is 2.07. The normalized spacial score (nSPS) is 12.4. The van der Waals surface area contributed by atoms with Crippen molar-refractivity contribution in [2.75, 3.05) is 5.32 Å². The van der Waals surface area contributed by atoms with Crippen LogP contribution in [0.2, 0.25) is 0 Å². The lowest BCUT2D eigenvalue weighted by Crippen LogP contribution is -2.19. The third kappa shape index (κ3) is 4.58. The lowest BCUT2D eigenvalue weighted by Gasteiger charge is -2.14. The molecule has 1 unspecified atom stereocenters. The Balaban J connectivity index is 2.01. The van der Waals surface area contributed by atoms with Gasteiger partial charge in [-0.2, -0.15) is 11.3 Å². The quantitative estimate of drug-likeness (QED) is 0.797. The van der Waals surface area contributed by atoms with E-state index in [9.17, 15) is 0 Å². The molecule has 19 heavy (non-hydrogen) atoms. The smallest absolute Gasteiger partial charge is 0.132 e. The summed E-state index contributed by atoms with van der Waals surface area (Å²) in [6.45, 7) is 4.31. The molecule has 0 aliphatic heterocycles. The second-order valence-electron chi connectivity index (χ2n) is 4.62. The first-order chi connectivity index (χ1) is 9.17. The molecule has 0 aromatic carbocycles. The number of rotatable bonds is 6. The maximum absolute atomic E-state index is 4.54. The molecule has 0 fully saturated rings. The highest BCUT2D eigenvalue weighted by atomic mass is 79.9. The molecule has 0 saturated heterocycles. The first-order valence-electron chi connectivity index (χ1n) is 6.48. The summed E-state index contributed by atoms with van der Waals surface area (Å²) in [5.74, 6) is 1.79. The van der Waals surface area contributed by atoms with E-state index in [0.717, 1.165) is 35.5 Å². The summed E-state index contributed by atoms with van der Waals surface area (Å²) in [6, 6.07) is 4.45. The molecule has 2 rings (SSSR count). The van der Waals surface area contributed by atoms with Crippen LogP contribution < -0.4 is 5.32 Å². The number of aromatic nitrogens is 2. The minimum Gasteiger partial charge on any atom is -0.367 e. The molecule has 2 aromatic heterocycles. The number of thiophene rings is 1. The van der Waals surface area contributed by atoms with Crippen molar-refractivity contribution in [3.8, 4) is 0 Å².